The molecule has 104 valence electrons. The number of primary amides is 1. The zero-order chi connectivity index (χ0) is 14.8. The number of benzene rings is 2. The summed E-state index contributed by atoms with van der Waals surface area (Å²) in [6, 6.07) is 14.9. The van der Waals surface area contributed by atoms with E-state index in [2.05, 4.69) is 4.98 Å². The molecule has 0 aliphatic carbocycles. The SMILES string of the molecule is COc1ccnc2c(-c3ccccc3C(N)=O)cccc12. The van der Waals surface area contributed by atoms with Crippen molar-refractivity contribution in [2.24, 2.45) is 5.73 Å². The molecule has 3 rings (SSSR count). The molecule has 0 aliphatic heterocycles. The summed E-state index contributed by atoms with van der Waals surface area (Å²) < 4.78 is 5.36. The molecule has 1 heterocycles. The number of rotatable bonds is 3. The summed E-state index contributed by atoms with van der Waals surface area (Å²) in [4.78, 5) is 16.1. The standard InChI is InChI=1S/C17H14N2O2/c1-21-15-9-10-19-16-12(7-4-8-14(15)16)11-5-2-3-6-13(11)17(18)20/h2-10H,1H3,(H2,18,20). The Morgan fingerprint density at radius 3 is 2.57 bits per heavy atom. The molecule has 4 nitrogen and oxygen atoms in total. The van der Waals surface area contributed by atoms with E-state index < -0.39 is 5.91 Å². The van der Waals surface area contributed by atoms with Crippen LogP contribution in [0.25, 0.3) is 22.0 Å². The summed E-state index contributed by atoms with van der Waals surface area (Å²) >= 11 is 0. The van der Waals surface area contributed by atoms with Crippen LogP contribution in [0.1, 0.15) is 10.4 Å². The van der Waals surface area contributed by atoms with Crippen molar-refractivity contribution in [1.29, 1.82) is 0 Å². The lowest BCUT2D eigenvalue weighted by Crippen LogP contribution is -2.12. The van der Waals surface area contributed by atoms with Gasteiger partial charge in [0.1, 0.15) is 5.75 Å². The molecular weight excluding hydrogens is 264 g/mol. The molecule has 0 fully saturated rings. The van der Waals surface area contributed by atoms with Crippen molar-refractivity contribution in [2.45, 2.75) is 0 Å². The van der Waals surface area contributed by atoms with E-state index in [0.29, 0.717) is 5.56 Å². The van der Waals surface area contributed by atoms with E-state index in [1.807, 2.05) is 36.4 Å². The first-order valence-electron chi connectivity index (χ1n) is 6.53. The van der Waals surface area contributed by atoms with Gasteiger partial charge in [-0.3, -0.25) is 9.78 Å². The van der Waals surface area contributed by atoms with Gasteiger partial charge in [-0.15, -0.1) is 0 Å². The number of carbonyl (C=O) groups is 1. The lowest BCUT2D eigenvalue weighted by molar-refractivity contribution is 0.100. The molecule has 3 aromatic rings. The smallest absolute Gasteiger partial charge is 0.249 e. The summed E-state index contributed by atoms with van der Waals surface area (Å²) in [5, 5.41) is 0.900. The van der Waals surface area contributed by atoms with Gasteiger partial charge in [-0.1, -0.05) is 30.3 Å². The second-order valence-electron chi connectivity index (χ2n) is 4.62. The van der Waals surface area contributed by atoms with Crippen LogP contribution >= 0.6 is 0 Å². The second kappa shape index (κ2) is 5.25. The third kappa shape index (κ3) is 2.21. The van der Waals surface area contributed by atoms with E-state index in [4.69, 9.17) is 10.5 Å². The summed E-state index contributed by atoms with van der Waals surface area (Å²) in [5.74, 6) is 0.295. The Kier molecular flexibility index (Phi) is 3.28. The number of hydrogen-bond donors (Lipinski definition) is 1. The molecule has 1 amide bonds. The topological polar surface area (TPSA) is 65.2 Å². The van der Waals surface area contributed by atoms with E-state index in [-0.39, 0.29) is 0 Å². The Morgan fingerprint density at radius 1 is 1.05 bits per heavy atom. The van der Waals surface area contributed by atoms with Crippen molar-refractivity contribution in [3.8, 4) is 16.9 Å². The van der Waals surface area contributed by atoms with Crippen LogP contribution in [0.2, 0.25) is 0 Å². The van der Waals surface area contributed by atoms with E-state index in [1.165, 1.54) is 0 Å². The van der Waals surface area contributed by atoms with Gasteiger partial charge < -0.3 is 10.5 Å². The molecule has 4 heteroatoms. The fraction of sp³-hybridized carbons (Fsp3) is 0.0588. The van der Waals surface area contributed by atoms with Crippen LogP contribution in [-0.2, 0) is 0 Å². The van der Waals surface area contributed by atoms with E-state index in [1.54, 1.807) is 25.4 Å². The molecule has 0 atom stereocenters. The first kappa shape index (κ1) is 13.1. The van der Waals surface area contributed by atoms with Crippen molar-refractivity contribution in [1.82, 2.24) is 4.98 Å². The number of para-hydroxylation sites is 1. The van der Waals surface area contributed by atoms with Crippen LogP contribution < -0.4 is 10.5 Å². The van der Waals surface area contributed by atoms with Crippen LogP contribution in [0.5, 0.6) is 5.75 Å². The summed E-state index contributed by atoms with van der Waals surface area (Å²) in [6.07, 6.45) is 1.69. The highest BCUT2D eigenvalue weighted by molar-refractivity contribution is 6.05. The van der Waals surface area contributed by atoms with Crippen LogP contribution in [-0.4, -0.2) is 18.0 Å². The average molecular weight is 278 g/mol. The van der Waals surface area contributed by atoms with Gasteiger partial charge in [0, 0.05) is 22.7 Å². The van der Waals surface area contributed by atoms with Crippen LogP contribution in [0.15, 0.2) is 54.7 Å². The summed E-state index contributed by atoms with van der Waals surface area (Å²) in [7, 11) is 1.62. The molecule has 0 unspecified atom stereocenters. The molecule has 2 N–H and O–H groups in total. The molecule has 1 aromatic heterocycles. The zero-order valence-electron chi connectivity index (χ0n) is 11.5. The molecule has 2 aromatic carbocycles. The summed E-state index contributed by atoms with van der Waals surface area (Å²) in [5.41, 5.74) is 8.37. The Labute approximate surface area is 122 Å². The Hall–Kier alpha value is -2.88. The fourth-order valence-corrected chi connectivity index (χ4v) is 2.48. The first-order chi connectivity index (χ1) is 10.2. The molecule has 0 spiro atoms. The largest absolute Gasteiger partial charge is 0.496 e. The second-order valence-corrected chi connectivity index (χ2v) is 4.62. The van der Waals surface area contributed by atoms with Crippen molar-refractivity contribution in [3.05, 3.63) is 60.3 Å². The van der Waals surface area contributed by atoms with Gasteiger partial charge in [0.15, 0.2) is 0 Å². The van der Waals surface area contributed by atoms with Crippen LogP contribution in [0, 0.1) is 0 Å². The number of aromatic nitrogens is 1. The van der Waals surface area contributed by atoms with Gasteiger partial charge in [0.2, 0.25) is 5.91 Å². The number of nitrogens with two attached hydrogens (primary N) is 1. The predicted molar refractivity (Wildman–Crippen MR) is 82.2 cm³/mol. The molecule has 21 heavy (non-hydrogen) atoms. The van der Waals surface area contributed by atoms with Crippen molar-refractivity contribution >= 4 is 16.8 Å². The monoisotopic (exact) mass is 278 g/mol. The maximum atomic E-state index is 11.6. The van der Waals surface area contributed by atoms with Gasteiger partial charge in [-0.25, -0.2) is 0 Å². The first-order valence-corrected chi connectivity index (χ1v) is 6.53. The van der Waals surface area contributed by atoms with Gasteiger partial charge in [-0.05, 0) is 23.8 Å². The van der Waals surface area contributed by atoms with Gasteiger partial charge in [-0.2, -0.15) is 0 Å². The Bertz CT molecular complexity index is 828. The van der Waals surface area contributed by atoms with Crippen molar-refractivity contribution in [2.75, 3.05) is 7.11 Å². The quantitative estimate of drug-likeness (QED) is 0.801. The molecule has 0 radical (unpaired) electrons. The number of carbonyl (C=O) groups excluding carboxylic acids is 1. The minimum atomic E-state index is -0.453. The molecule has 0 saturated carbocycles. The normalized spacial score (nSPS) is 10.5. The predicted octanol–water partition coefficient (Wildman–Crippen LogP) is 3.01. The Balaban J connectivity index is 2.34. The fourth-order valence-electron chi connectivity index (χ4n) is 2.48. The number of amides is 1. The Morgan fingerprint density at radius 2 is 1.81 bits per heavy atom. The molecule has 0 saturated heterocycles. The van der Waals surface area contributed by atoms with Crippen LogP contribution in [0.3, 0.4) is 0 Å². The molecule has 0 bridgehead atoms. The van der Waals surface area contributed by atoms with E-state index in [9.17, 15) is 4.79 Å². The number of hydrogen-bond acceptors (Lipinski definition) is 3. The van der Waals surface area contributed by atoms with Crippen LogP contribution in [0.4, 0.5) is 0 Å². The highest BCUT2D eigenvalue weighted by Crippen LogP contribution is 2.33. The lowest BCUT2D eigenvalue weighted by Gasteiger charge is -2.11. The highest BCUT2D eigenvalue weighted by Gasteiger charge is 2.13. The number of methoxy groups -OCH3 is 1. The number of ether oxygens (including phenoxy) is 1. The number of pyridine rings is 1. The number of fused-ring (bicyclic) bond motifs is 1. The number of nitrogens with zero attached hydrogens (tertiary/aromatic N) is 1. The van der Waals surface area contributed by atoms with Crippen molar-refractivity contribution in [3.63, 3.8) is 0 Å². The van der Waals surface area contributed by atoms with Gasteiger partial charge in [0.25, 0.3) is 0 Å². The maximum Gasteiger partial charge on any atom is 0.249 e. The maximum absolute atomic E-state index is 11.6. The third-order valence-electron chi connectivity index (χ3n) is 3.43. The summed E-state index contributed by atoms with van der Waals surface area (Å²) in [6.45, 7) is 0. The lowest BCUT2D eigenvalue weighted by atomic mass is 9.97. The van der Waals surface area contributed by atoms with Gasteiger partial charge in [0.05, 0.1) is 12.6 Å². The molecular formula is C17H14N2O2. The van der Waals surface area contributed by atoms with Crippen molar-refractivity contribution < 1.29 is 9.53 Å². The van der Waals surface area contributed by atoms with E-state index >= 15 is 0 Å². The average Bonchev–Trinajstić information content (AvgIpc) is 2.53. The highest BCUT2D eigenvalue weighted by atomic mass is 16.5. The zero-order valence-corrected chi connectivity index (χ0v) is 11.5. The third-order valence-corrected chi connectivity index (χ3v) is 3.43. The minimum Gasteiger partial charge on any atom is -0.496 e. The van der Waals surface area contributed by atoms with Gasteiger partial charge >= 0.3 is 0 Å². The molecule has 0 aliphatic rings. The van der Waals surface area contributed by atoms with E-state index in [0.717, 1.165) is 27.8 Å². The minimum absolute atomic E-state index is 0.453.